The number of fused-ring (bicyclic) bond motifs is 1. The SMILES string of the molecule is COC(=O)[C@]1(O)C=C(/C=C/c2cc3ccccc3s2)[C@@H](O)C(O)C1. The van der Waals surface area contributed by atoms with Crippen molar-refractivity contribution in [2.24, 2.45) is 0 Å². The van der Waals surface area contributed by atoms with Crippen LogP contribution >= 0.6 is 11.3 Å². The maximum absolute atomic E-state index is 11.7. The Kier molecular flexibility index (Phi) is 4.56. The van der Waals surface area contributed by atoms with Gasteiger partial charge in [0.05, 0.1) is 13.2 Å². The molecule has 1 aliphatic rings. The molecule has 0 amide bonds. The molecule has 0 saturated carbocycles. The van der Waals surface area contributed by atoms with E-state index in [2.05, 4.69) is 4.74 Å². The molecule has 0 spiro atoms. The van der Waals surface area contributed by atoms with E-state index in [4.69, 9.17) is 0 Å². The van der Waals surface area contributed by atoms with Crippen molar-refractivity contribution < 1.29 is 24.9 Å². The Morgan fingerprint density at radius 1 is 1.33 bits per heavy atom. The number of esters is 1. The molecule has 0 bridgehead atoms. The molecule has 126 valence electrons. The summed E-state index contributed by atoms with van der Waals surface area (Å²) >= 11 is 1.59. The third-order valence-corrected chi connectivity index (χ3v) is 5.14. The Morgan fingerprint density at radius 3 is 2.79 bits per heavy atom. The van der Waals surface area contributed by atoms with Crippen molar-refractivity contribution in [1.29, 1.82) is 0 Å². The molecule has 0 radical (unpaired) electrons. The molecule has 1 unspecified atom stereocenters. The van der Waals surface area contributed by atoms with Gasteiger partial charge in [0.15, 0.2) is 5.60 Å². The average Bonchev–Trinajstić information content (AvgIpc) is 2.99. The zero-order chi connectivity index (χ0) is 17.3. The molecule has 0 aliphatic heterocycles. The first-order valence-corrected chi connectivity index (χ1v) is 8.31. The van der Waals surface area contributed by atoms with Crippen LogP contribution in [0.2, 0.25) is 0 Å². The zero-order valence-electron chi connectivity index (χ0n) is 13.0. The van der Waals surface area contributed by atoms with E-state index in [0.29, 0.717) is 0 Å². The number of methoxy groups -OCH3 is 1. The van der Waals surface area contributed by atoms with Gasteiger partial charge in [-0.05, 0) is 35.2 Å². The minimum Gasteiger partial charge on any atom is -0.467 e. The van der Waals surface area contributed by atoms with Gasteiger partial charge in [0.2, 0.25) is 0 Å². The van der Waals surface area contributed by atoms with E-state index in [0.717, 1.165) is 22.1 Å². The minimum absolute atomic E-state index is 0.277. The van der Waals surface area contributed by atoms with E-state index >= 15 is 0 Å². The molecule has 3 N–H and O–H groups in total. The summed E-state index contributed by atoms with van der Waals surface area (Å²) in [6.07, 6.45) is 1.92. The van der Waals surface area contributed by atoms with Crippen LogP contribution in [0.25, 0.3) is 16.2 Å². The van der Waals surface area contributed by atoms with Crippen LogP contribution in [0.15, 0.2) is 48.1 Å². The lowest BCUT2D eigenvalue weighted by Gasteiger charge is -2.33. The molecule has 1 heterocycles. The second kappa shape index (κ2) is 6.49. The number of rotatable bonds is 3. The molecule has 1 aromatic heterocycles. The van der Waals surface area contributed by atoms with Crippen molar-refractivity contribution in [2.45, 2.75) is 24.2 Å². The van der Waals surface area contributed by atoms with Gasteiger partial charge >= 0.3 is 5.97 Å². The zero-order valence-corrected chi connectivity index (χ0v) is 13.9. The number of benzene rings is 1. The summed E-state index contributed by atoms with van der Waals surface area (Å²) in [5, 5.41) is 31.5. The van der Waals surface area contributed by atoms with Gasteiger partial charge in [0, 0.05) is 16.0 Å². The summed E-state index contributed by atoms with van der Waals surface area (Å²) in [4.78, 5) is 12.7. The Morgan fingerprint density at radius 2 is 2.08 bits per heavy atom. The van der Waals surface area contributed by atoms with Crippen molar-refractivity contribution in [2.75, 3.05) is 7.11 Å². The van der Waals surface area contributed by atoms with E-state index in [-0.39, 0.29) is 12.0 Å². The average molecular weight is 346 g/mol. The Balaban J connectivity index is 1.92. The van der Waals surface area contributed by atoms with Crippen LogP contribution in [0.4, 0.5) is 0 Å². The lowest BCUT2D eigenvalue weighted by molar-refractivity contribution is -0.162. The molecule has 6 heteroatoms. The molecule has 1 aliphatic carbocycles. The van der Waals surface area contributed by atoms with Gasteiger partial charge in [-0.2, -0.15) is 0 Å². The first kappa shape index (κ1) is 16.9. The number of ether oxygens (including phenoxy) is 1. The molecule has 0 saturated heterocycles. The van der Waals surface area contributed by atoms with Gasteiger partial charge < -0.3 is 20.1 Å². The van der Waals surface area contributed by atoms with Gasteiger partial charge in [0.1, 0.15) is 6.10 Å². The third-order valence-electron chi connectivity index (χ3n) is 4.06. The maximum atomic E-state index is 11.7. The molecule has 5 nitrogen and oxygen atoms in total. The smallest absolute Gasteiger partial charge is 0.342 e. The predicted octanol–water partition coefficient (Wildman–Crippen LogP) is 1.87. The highest BCUT2D eigenvalue weighted by Crippen LogP contribution is 2.31. The quantitative estimate of drug-likeness (QED) is 0.739. The highest BCUT2D eigenvalue weighted by atomic mass is 32.1. The van der Waals surface area contributed by atoms with Crippen molar-refractivity contribution in [1.82, 2.24) is 0 Å². The van der Waals surface area contributed by atoms with Gasteiger partial charge in [-0.1, -0.05) is 24.3 Å². The number of carbonyl (C=O) groups is 1. The van der Waals surface area contributed by atoms with Gasteiger partial charge in [-0.25, -0.2) is 4.79 Å². The van der Waals surface area contributed by atoms with E-state index in [9.17, 15) is 20.1 Å². The van der Waals surface area contributed by atoms with E-state index in [1.165, 1.54) is 6.08 Å². The lowest BCUT2D eigenvalue weighted by Crippen LogP contribution is -2.48. The van der Waals surface area contributed by atoms with Gasteiger partial charge in [-0.15, -0.1) is 11.3 Å². The standard InChI is InChI=1S/C18H18O5S/c1-23-17(21)18(22)9-12(16(20)14(19)10-18)6-7-13-8-11-4-2-3-5-15(11)24-13/h2-9,14,16,19-20,22H,10H2,1H3/b7-6+/t14?,16-,18+/m1/s1. The van der Waals surface area contributed by atoms with E-state index in [1.807, 2.05) is 30.3 Å². The Labute approximate surface area is 143 Å². The van der Waals surface area contributed by atoms with E-state index < -0.39 is 23.8 Å². The van der Waals surface area contributed by atoms with Crippen LogP contribution in [-0.2, 0) is 9.53 Å². The summed E-state index contributed by atoms with van der Waals surface area (Å²) < 4.78 is 5.72. The van der Waals surface area contributed by atoms with Crippen LogP contribution in [0.5, 0.6) is 0 Å². The third kappa shape index (κ3) is 3.14. The minimum atomic E-state index is -1.94. The number of carbonyl (C=O) groups excluding carboxylic acids is 1. The molecule has 0 fully saturated rings. The Hall–Kier alpha value is -1.99. The van der Waals surface area contributed by atoms with Crippen LogP contribution in [0, 0.1) is 0 Å². The highest BCUT2D eigenvalue weighted by molar-refractivity contribution is 7.19. The number of hydrogen-bond donors (Lipinski definition) is 3. The second-order valence-electron chi connectivity index (χ2n) is 5.80. The van der Waals surface area contributed by atoms with E-state index in [1.54, 1.807) is 23.5 Å². The fourth-order valence-corrected chi connectivity index (χ4v) is 3.77. The van der Waals surface area contributed by atoms with Crippen molar-refractivity contribution >= 4 is 33.5 Å². The lowest BCUT2D eigenvalue weighted by atomic mass is 9.82. The summed E-state index contributed by atoms with van der Waals surface area (Å²) in [5.41, 5.74) is -1.66. The molecule has 3 rings (SSSR count). The molecular formula is C18H18O5S. The summed E-state index contributed by atoms with van der Waals surface area (Å²) in [6.45, 7) is 0. The molecular weight excluding hydrogens is 328 g/mol. The molecule has 2 aromatic rings. The van der Waals surface area contributed by atoms with Gasteiger partial charge in [-0.3, -0.25) is 0 Å². The highest BCUT2D eigenvalue weighted by Gasteiger charge is 2.43. The normalized spacial score (nSPS) is 27.4. The molecule has 1 aromatic carbocycles. The molecule has 3 atom stereocenters. The van der Waals surface area contributed by atoms with Crippen molar-refractivity contribution in [3.8, 4) is 0 Å². The van der Waals surface area contributed by atoms with Crippen LogP contribution in [0.3, 0.4) is 0 Å². The number of thiophene rings is 1. The van der Waals surface area contributed by atoms with Gasteiger partial charge in [0.25, 0.3) is 0 Å². The van der Waals surface area contributed by atoms with Crippen LogP contribution in [0.1, 0.15) is 11.3 Å². The monoisotopic (exact) mass is 346 g/mol. The fraction of sp³-hybridized carbons (Fsp3) is 0.278. The fourth-order valence-electron chi connectivity index (χ4n) is 2.80. The van der Waals surface area contributed by atoms with Crippen molar-refractivity contribution in [3.05, 3.63) is 52.9 Å². The topological polar surface area (TPSA) is 87.0 Å². The first-order chi connectivity index (χ1) is 11.4. The second-order valence-corrected chi connectivity index (χ2v) is 6.91. The maximum Gasteiger partial charge on any atom is 0.342 e. The number of hydrogen-bond acceptors (Lipinski definition) is 6. The summed E-state index contributed by atoms with van der Waals surface area (Å²) in [7, 11) is 1.16. The summed E-state index contributed by atoms with van der Waals surface area (Å²) in [6, 6.07) is 9.97. The number of aliphatic hydroxyl groups excluding tert-OH is 2. The largest absolute Gasteiger partial charge is 0.467 e. The molecule has 24 heavy (non-hydrogen) atoms. The Bertz CT molecular complexity index is 789. The first-order valence-electron chi connectivity index (χ1n) is 7.49. The number of aliphatic hydroxyl groups is 3. The van der Waals surface area contributed by atoms with Crippen LogP contribution < -0.4 is 0 Å². The van der Waals surface area contributed by atoms with Crippen LogP contribution in [-0.4, -0.2) is 46.2 Å². The predicted molar refractivity (Wildman–Crippen MR) is 92.5 cm³/mol. The van der Waals surface area contributed by atoms with Crippen molar-refractivity contribution in [3.63, 3.8) is 0 Å². The summed E-state index contributed by atoms with van der Waals surface area (Å²) in [5.74, 6) is -0.860.